The van der Waals surface area contributed by atoms with Gasteiger partial charge < -0.3 is 9.80 Å². The molecular weight excluding hydrogens is 270 g/mol. The smallest absolute Gasteiger partial charge is 0.0113 e. The van der Waals surface area contributed by atoms with Gasteiger partial charge in [0.05, 0.1) is 0 Å². The number of nitrogens with zero attached hydrogens (tertiary/aromatic N) is 3. The van der Waals surface area contributed by atoms with Crippen LogP contribution in [-0.2, 0) is 0 Å². The molecule has 0 aromatic carbocycles. The molecule has 2 aliphatic rings. The minimum atomic E-state index is 0.754. The van der Waals surface area contributed by atoms with E-state index in [-0.39, 0.29) is 0 Å². The van der Waals surface area contributed by atoms with Crippen molar-refractivity contribution < 1.29 is 0 Å². The van der Waals surface area contributed by atoms with Crippen LogP contribution in [0, 0.1) is 11.8 Å². The summed E-state index contributed by atoms with van der Waals surface area (Å²) in [5.41, 5.74) is 0. The Morgan fingerprint density at radius 2 is 1.18 bits per heavy atom. The fourth-order valence-corrected chi connectivity index (χ4v) is 4.14. The highest BCUT2D eigenvalue weighted by Crippen LogP contribution is 2.26. The molecule has 0 aliphatic carbocycles. The van der Waals surface area contributed by atoms with E-state index in [2.05, 4.69) is 49.4 Å². The van der Waals surface area contributed by atoms with Crippen molar-refractivity contribution in [2.45, 2.75) is 65.5 Å². The molecule has 0 amide bonds. The van der Waals surface area contributed by atoms with Gasteiger partial charge in [0.2, 0.25) is 0 Å². The van der Waals surface area contributed by atoms with Crippen molar-refractivity contribution in [3.05, 3.63) is 0 Å². The number of likely N-dealkylation sites (N-methyl/N-ethyl adjacent to an activating group) is 1. The van der Waals surface area contributed by atoms with E-state index in [1.165, 1.54) is 65.0 Å². The van der Waals surface area contributed by atoms with Crippen molar-refractivity contribution in [3.8, 4) is 0 Å². The molecule has 3 heteroatoms. The lowest BCUT2D eigenvalue weighted by atomic mass is 9.86. The van der Waals surface area contributed by atoms with Crippen molar-refractivity contribution in [1.82, 2.24) is 14.7 Å². The molecule has 0 radical (unpaired) electrons. The maximum Gasteiger partial charge on any atom is 0.0113 e. The molecule has 2 rings (SSSR count). The molecule has 0 saturated carbocycles. The molecule has 2 fully saturated rings. The average molecular weight is 310 g/mol. The summed E-state index contributed by atoms with van der Waals surface area (Å²) in [4.78, 5) is 7.89. The number of hydrogen-bond acceptors (Lipinski definition) is 3. The number of piperazine rings is 1. The molecule has 0 spiro atoms. The van der Waals surface area contributed by atoms with Crippen LogP contribution in [0.25, 0.3) is 0 Å². The van der Waals surface area contributed by atoms with E-state index in [9.17, 15) is 0 Å². The molecule has 0 N–H and O–H groups in total. The monoisotopic (exact) mass is 309 g/mol. The summed E-state index contributed by atoms with van der Waals surface area (Å²) in [6.45, 7) is 17.3. The summed E-state index contributed by atoms with van der Waals surface area (Å²) in [6, 6.07) is 1.52. The van der Waals surface area contributed by atoms with E-state index in [0.717, 1.165) is 23.9 Å². The van der Waals surface area contributed by atoms with Crippen molar-refractivity contribution in [2.75, 3.05) is 46.3 Å². The predicted molar refractivity (Wildman–Crippen MR) is 96.4 cm³/mol. The summed E-state index contributed by atoms with van der Waals surface area (Å²) < 4.78 is 0. The van der Waals surface area contributed by atoms with Crippen LogP contribution in [0.15, 0.2) is 0 Å². The first kappa shape index (κ1) is 18.2. The Morgan fingerprint density at radius 1 is 0.727 bits per heavy atom. The molecule has 2 heterocycles. The third-order valence-electron chi connectivity index (χ3n) is 6.30. The maximum absolute atomic E-state index is 2.75. The highest BCUT2D eigenvalue weighted by Gasteiger charge is 2.25. The molecule has 130 valence electrons. The Bertz CT molecular complexity index is 302. The topological polar surface area (TPSA) is 9.72 Å². The molecule has 2 atom stereocenters. The zero-order chi connectivity index (χ0) is 16.1. The van der Waals surface area contributed by atoms with Gasteiger partial charge in [0, 0.05) is 38.3 Å². The first-order chi connectivity index (χ1) is 10.5. The van der Waals surface area contributed by atoms with Gasteiger partial charge in [0.1, 0.15) is 0 Å². The highest BCUT2D eigenvalue weighted by atomic mass is 15.3. The molecule has 2 aliphatic heterocycles. The largest absolute Gasteiger partial charge is 0.304 e. The van der Waals surface area contributed by atoms with Crippen molar-refractivity contribution in [2.24, 2.45) is 11.8 Å². The van der Waals surface area contributed by atoms with Gasteiger partial charge in [-0.15, -0.1) is 0 Å². The van der Waals surface area contributed by atoms with Crippen LogP contribution in [0.2, 0.25) is 0 Å². The summed E-state index contributed by atoms with van der Waals surface area (Å²) >= 11 is 0. The fourth-order valence-electron chi connectivity index (χ4n) is 4.14. The first-order valence-corrected chi connectivity index (χ1v) is 9.64. The number of likely N-dealkylation sites (tertiary alicyclic amines) is 1. The van der Waals surface area contributed by atoms with Gasteiger partial charge >= 0.3 is 0 Å². The van der Waals surface area contributed by atoms with Gasteiger partial charge in [-0.25, -0.2) is 0 Å². The van der Waals surface area contributed by atoms with Crippen molar-refractivity contribution in [1.29, 1.82) is 0 Å². The normalized spacial score (nSPS) is 26.5. The Morgan fingerprint density at radius 3 is 1.64 bits per heavy atom. The maximum atomic E-state index is 2.75. The number of hydrogen-bond donors (Lipinski definition) is 0. The quantitative estimate of drug-likeness (QED) is 0.746. The second kappa shape index (κ2) is 8.65. The van der Waals surface area contributed by atoms with Gasteiger partial charge in [-0.2, -0.15) is 0 Å². The van der Waals surface area contributed by atoms with Crippen LogP contribution in [-0.4, -0.2) is 73.1 Å². The van der Waals surface area contributed by atoms with Gasteiger partial charge in [0.15, 0.2) is 0 Å². The Labute approximate surface area is 139 Å². The van der Waals surface area contributed by atoms with Gasteiger partial charge in [-0.05, 0) is 71.5 Å². The van der Waals surface area contributed by atoms with Gasteiger partial charge in [-0.3, -0.25) is 4.90 Å². The first-order valence-electron chi connectivity index (χ1n) is 9.64. The lowest BCUT2D eigenvalue weighted by molar-refractivity contribution is 0.0924. The second-order valence-electron chi connectivity index (χ2n) is 8.23. The van der Waals surface area contributed by atoms with Crippen LogP contribution in [0.1, 0.15) is 53.4 Å². The Kier molecular flexibility index (Phi) is 7.17. The van der Waals surface area contributed by atoms with Crippen LogP contribution >= 0.6 is 0 Å². The average Bonchev–Trinajstić information content (AvgIpc) is 2.53. The zero-order valence-corrected chi connectivity index (χ0v) is 15.7. The van der Waals surface area contributed by atoms with E-state index in [0.29, 0.717) is 0 Å². The highest BCUT2D eigenvalue weighted by molar-refractivity contribution is 4.80. The minimum Gasteiger partial charge on any atom is -0.304 e. The van der Waals surface area contributed by atoms with E-state index in [1.54, 1.807) is 0 Å². The van der Waals surface area contributed by atoms with Gasteiger partial charge in [-0.1, -0.05) is 13.8 Å². The Hall–Kier alpha value is -0.120. The van der Waals surface area contributed by atoms with Crippen LogP contribution < -0.4 is 0 Å². The SMILES string of the molecule is CC(C)C1CCN(C(C)CCC(C)N2CCN(C)CC2)CC1. The van der Waals surface area contributed by atoms with Crippen LogP contribution in [0.4, 0.5) is 0 Å². The zero-order valence-electron chi connectivity index (χ0n) is 15.7. The van der Waals surface area contributed by atoms with Gasteiger partial charge in [0.25, 0.3) is 0 Å². The Balaban J connectivity index is 1.66. The summed E-state index contributed by atoms with van der Waals surface area (Å²) in [5.74, 6) is 1.84. The molecule has 0 bridgehead atoms. The second-order valence-corrected chi connectivity index (χ2v) is 8.23. The minimum absolute atomic E-state index is 0.754. The van der Waals surface area contributed by atoms with Crippen molar-refractivity contribution in [3.63, 3.8) is 0 Å². The third kappa shape index (κ3) is 5.21. The third-order valence-corrected chi connectivity index (χ3v) is 6.30. The lowest BCUT2D eigenvalue weighted by Gasteiger charge is -2.39. The fraction of sp³-hybridized carbons (Fsp3) is 1.00. The summed E-state index contributed by atoms with van der Waals surface area (Å²) in [7, 11) is 2.24. The molecule has 0 aromatic heterocycles. The molecular formula is C19H39N3. The lowest BCUT2D eigenvalue weighted by Crippen LogP contribution is -2.48. The summed E-state index contributed by atoms with van der Waals surface area (Å²) in [5, 5.41) is 0. The van der Waals surface area contributed by atoms with Crippen molar-refractivity contribution >= 4 is 0 Å². The molecule has 0 aromatic rings. The molecule has 2 unspecified atom stereocenters. The van der Waals surface area contributed by atoms with E-state index < -0.39 is 0 Å². The molecule has 2 saturated heterocycles. The number of rotatable bonds is 6. The molecule has 3 nitrogen and oxygen atoms in total. The van der Waals surface area contributed by atoms with Crippen LogP contribution in [0.5, 0.6) is 0 Å². The number of piperidine rings is 1. The predicted octanol–water partition coefficient (Wildman–Crippen LogP) is 3.16. The standard InChI is InChI=1S/C19H39N3/c1-16(2)19-8-10-21(11-9-19)17(3)6-7-18(4)22-14-12-20(5)13-15-22/h16-19H,6-15H2,1-5H3. The molecule has 22 heavy (non-hydrogen) atoms. The van der Waals surface area contributed by atoms with E-state index >= 15 is 0 Å². The summed E-state index contributed by atoms with van der Waals surface area (Å²) in [6.07, 6.45) is 5.54. The van der Waals surface area contributed by atoms with E-state index in [4.69, 9.17) is 0 Å². The van der Waals surface area contributed by atoms with Crippen LogP contribution in [0.3, 0.4) is 0 Å². The van der Waals surface area contributed by atoms with E-state index in [1.807, 2.05) is 0 Å².